The van der Waals surface area contributed by atoms with Crippen LogP contribution in [0.15, 0.2) is 42.5 Å². The zero-order chi connectivity index (χ0) is 16.3. The highest BCUT2D eigenvalue weighted by Crippen LogP contribution is 2.18. The second-order valence-corrected chi connectivity index (χ2v) is 4.66. The van der Waals surface area contributed by atoms with Gasteiger partial charge in [-0.05, 0) is 43.3 Å². The summed E-state index contributed by atoms with van der Waals surface area (Å²) in [6.45, 7) is 1.52. The van der Waals surface area contributed by atoms with E-state index >= 15 is 0 Å². The fraction of sp³-hybridized carbons (Fsp3) is 0.0667. The van der Waals surface area contributed by atoms with E-state index in [9.17, 15) is 19.7 Å². The molecule has 0 fully saturated rings. The fourth-order valence-electron chi connectivity index (χ4n) is 1.88. The van der Waals surface area contributed by atoms with Gasteiger partial charge in [0.05, 0.1) is 4.92 Å². The molecule has 0 aliphatic carbocycles. The highest BCUT2D eigenvalue weighted by atomic mass is 16.6. The van der Waals surface area contributed by atoms with Crippen molar-refractivity contribution in [1.29, 1.82) is 0 Å². The Labute approximate surface area is 125 Å². The SMILES string of the molecule is Cc1cc(C(=O)NC(=O)c2ccc(N)cc2)ccc1[N+](=O)[O-]. The summed E-state index contributed by atoms with van der Waals surface area (Å²) in [6.07, 6.45) is 0. The summed E-state index contributed by atoms with van der Waals surface area (Å²) in [5.41, 5.74) is 6.76. The van der Waals surface area contributed by atoms with Gasteiger partial charge in [-0.1, -0.05) is 0 Å². The number of aryl methyl sites for hydroxylation is 1. The third-order valence-corrected chi connectivity index (χ3v) is 3.06. The van der Waals surface area contributed by atoms with Gasteiger partial charge in [0.25, 0.3) is 17.5 Å². The van der Waals surface area contributed by atoms with Gasteiger partial charge in [-0.2, -0.15) is 0 Å². The summed E-state index contributed by atoms with van der Waals surface area (Å²) in [5, 5.41) is 13.0. The molecule has 0 aliphatic heterocycles. The first kappa shape index (κ1) is 15.2. The molecule has 0 heterocycles. The number of nitrogen functional groups attached to an aromatic ring is 1. The van der Waals surface area contributed by atoms with Crippen molar-refractivity contribution in [2.24, 2.45) is 0 Å². The van der Waals surface area contributed by atoms with Crippen molar-refractivity contribution in [2.45, 2.75) is 6.92 Å². The van der Waals surface area contributed by atoms with E-state index in [1.165, 1.54) is 37.3 Å². The van der Waals surface area contributed by atoms with Crippen molar-refractivity contribution in [3.8, 4) is 0 Å². The predicted molar refractivity (Wildman–Crippen MR) is 80.5 cm³/mol. The van der Waals surface area contributed by atoms with Crippen LogP contribution in [0.4, 0.5) is 11.4 Å². The maximum absolute atomic E-state index is 12.0. The largest absolute Gasteiger partial charge is 0.399 e. The number of anilines is 1. The van der Waals surface area contributed by atoms with Crippen molar-refractivity contribution >= 4 is 23.2 Å². The van der Waals surface area contributed by atoms with Crippen molar-refractivity contribution in [1.82, 2.24) is 5.32 Å². The molecule has 0 aromatic heterocycles. The molecule has 0 unspecified atom stereocenters. The molecule has 2 rings (SSSR count). The number of carbonyl (C=O) groups is 2. The van der Waals surface area contributed by atoms with E-state index in [1.807, 2.05) is 0 Å². The van der Waals surface area contributed by atoms with Crippen LogP contribution in [-0.2, 0) is 0 Å². The van der Waals surface area contributed by atoms with Gasteiger partial charge in [-0.15, -0.1) is 0 Å². The summed E-state index contributed by atoms with van der Waals surface area (Å²) in [7, 11) is 0. The molecule has 0 aliphatic rings. The van der Waals surface area contributed by atoms with Crippen LogP contribution >= 0.6 is 0 Å². The molecular formula is C15H13N3O4. The smallest absolute Gasteiger partial charge is 0.272 e. The average molecular weight is 299 g/mol. The van der Waals surface area contributed by atoms with Crippen LogP contribution in [-0.4, -0.2) is 16.7 Å². The van der Waals surface area contributed by atoms with Crippen LogP contribution in [0.2, 0.25) is 0 Å². The van der Waals surface area contributed by atoms with Crippen LogP contribution in [0.5, 0.6) is 0 Å². The Balaban J connectivity index is 2.15. The first-order chi connectivity index (χ1) is 10.4. The molecule has 112 valence electrons. The normalized spacial score (nSPS) is 10.0. The molecule has 7 heteroatoms. The number of nitrogens with zero attached hydrogens (tertiary/aromatic N) is 1. The molecule has 3 N–H and O–H groups in total. The second-order valence-electron chi connectivity index (χ2n) is 4.66. The number of rotatable bonds is 3. The van der Waals surface area contributed by atoms with Crippen molar-refractivity contribution in [2.75, 3.05) is 5.73 Å². The summed E-state index contributed by atoms with van der Waals surface area (Å²) >= 11 is 0. The Morgan fingerprint density at radius 2 is 1.59 bits per heavy atom. The average Bonchev–Trinajstić information content (AvgIpc) is 2.47. The molecule has 7 nitrogen and oxygen atoms in total. The molecule has 0 spiro atoms. The molecule has 0 saturated carbocycles. The van der Waals surface area contributed by atoms with Crippen LogP contribution < -0.4 is 11.1 Å². The van der Waals surface area contributed by atoms with Crippen molar-refractivity contribution < 1.29 is 14.5 Å². The van der Waals surface area contributed by atoms with E-state index < -0.39 is 16.7 Å². The van der Waals surface area contributed by atoms with Crippen LogP contribution in [0.25, 0.3) is 0 Å². The number of benzene rings is 2. The van der Waals surface area contributed by atoms with E-state index in [0.29, 0.717) is 16.8 Å². The number of nitro groups is 1. The van der Waals surface area contributed by atoms with Crippen molar-refractivity contribution in [3.05, 3.63) is 69.3 Å². The van der Waals surface area contributed by atoms with E-state index in [1.54, 1.807) is 12.1 Å². The number of nitrogens with two attached hydrogens (primary N) is 1. The van der Waals surface area contributed by atoms with Gasteiger partial charge in [0.1, 0.15) is 0 Å². The molecule has 22 heavy (non-hydrogen) atoms. The van der Waals surface area contributed by atoms with Gasteiger partial charge < -0.3 is 5.73 Å². The number of hydrogen-bond acceptors (Lipinski definition) is 5. The monoisotopic (exact) mass is 299 g/mol. The molecule has 2 aromatic rings. The lowest BCUT2D eigenvalue weighted by Gasteiger charge is -2.05. The minimum Gasteiger partial charge on any atom is -0.399 e. The highest BCUT2D eigenvalue weighted by molar-refractivity contribution is 6.10. The van der Waals surface area contributed by atoms with Crippen LogP contribution in [0, 0.1) is 17.0 Å². The van der Waals surface area contributed by atoms with Gasteiger partial charge in [0, 0.05) is 28.4 Å². The highest BCUT2D eigenvalue weighted by Gasteiger charge is 2.16. The summed E-state index contributed by atoms with van der Waals surface area (Å²) in [5.74, 6) is -1.19. The first-order valence-corrected chi connectivity index (χ1v) is 6.35. The van der Waals surface area contributed by atoms with E-state index in [2.05, 4.69) is 5.32 Å². The van der Waals surface area contributed by atoms with Gasteiger partial charge in [0.2, 0.25) is 0 Å². The molecule has 0 radical (unpaired) electrons. The molecule has 0 atom stereocenters. The third-order valence-electron chi connectivity index (χ3n) is 3.06. The third kappa shape index (κ3) is 3.26. The number of imide groups is 1. The van der Waals surface area contributed by atoms with E-state index in [0.717, 1.165) is 0 Å². The lowest BCUT2D eigenvalue weighted by atomic mass is 10.1. The maximum atomic E-state index is 12.0. The first-order valence-electron chi connectivity index (χ1n) is 6.35. The zero-order valence-corrected chi connectivity index (χ0v) is 11.7. The number of carbonyl (C=O) groups excluding carboxylic acids is 2. The van der Waals surface area contributed by atoms with E-state index in [-0.39, 0.29) is 11.3 Å². The molecule has 2 aromatic carbocycles. The van der Waals surface area contributed by atoms with Gasteiger partial charge >= 0.3 is 0 Å². The lowest BCUT2D eigenvalue weighted by Crippen LogP contribution is -2.30. The minimum atomic E-state index is -0.625. The van der Waals surface area contributed by atoms with Crippen LogP contribution in [0.3, 0.4) is 0 Å². The molecule has 0 bridgehead atoms. The summed E-state index contributed by atoms with van der Waals surface area (Å²) in [6, 6.07) is 10.0. The number of hydrogen-bond donors (Lipinski definition) is 2. The van der Waals surface area contributed by atoms with Gasteiger partial charge in [0.15, 0.2) is 0 Å². The Kier molecular flexibility index (Phi) is 4.17. The standard InChI is InChI=1S/C15H13N3O4/c1-9-8-11(4-7-13(9)18(21)22)15(20)17-14(19)10-2-5-12(16)6-3-10/h2-8H,16H2,1H3,(H,17,19,20). The van der Waals surface area contributed by atoms with Gasteiger partial charge in [-0.3, -0.25) is 25.0 Å². The predicted octanol–water partition coefficient (Wildman–Crippen LogP) is 2.06. The van der Waals surface area contributed by atoms with Gasteiger partial charge in [-0.25, -0.2) is 0 Å². The Morgan fingerprint density at radius 3 is 2.14 bits per heavy atom. The number of nitro benzene ring substituents is 1. The lowest BCUT2D eigenvalue weighted by molar-refractivity contribution is -0.385. The summed E-state index contributed by atoms with van der Waals surface area (Å²) < 4.78 is 0. The second kappa shape index (κ2) is 6.04. The Hall–Kier alpha value is -3.22. The number of nitrogens with one attached hydrogen (secondary N) is 1. The fourth-order valence-corrected chi connectivity index (χ4v) is 1.88. The van der Waals surface area contributed by atoms with Crippen LogP contribution in [0.1, 0.15) is 26.3 Å². The molecular weight excluding hydrogens is 286 g/mol. The Bertz CT molecular complexity index is 754. The number of amides is 2. The quantitative estimate of drug-likeness (QED) is 0.389. The topological polar surface area (TPSA) is 115 Å². The maximum Gasteiger partial charge on any atom is 0.272 e. The Morgan fingerprint density at radius 1 is 1.05 bits per heavy atom. The minimum absolute atomic E-state index is 0.0820. The van der Waals surface area contributed by atoms with E-state index in [4.69, 9.17) is 5.73 Å². The summed E-state index contributed by atoms with van der Waals surface area (Å²) in [4.78, 5) is 34.1. The zero-order valence-electron chi connectivity index (χ0n) is 11.7. The molecule has 2 amide bonds. The van der Waals surface area contributed by atoms with Crippen molar-refractivity contribution in [3.63, 3.8) is 0 Å². The molecule has 0 saturated heterocycles.